The van der Waals surface area contributed by atoms with Crippen molar-refractivity contribution in [3.63, 3.8) is 0 Å². The lowest BCUT2D eigenvalue weighted by molar-refractivity contribution is -0.116. The van der Waals surface area contributed by atoms with Gasteiger partial charge in [-0.1, -0.05) is 0 Å². The molecule has 1 heterocycles. The van der Waals surface area contributed by atoms with Gasteiger partial charge in [-0.15, -0.1) is 0 Å². The van der Waals surface area contributed by atoms with E-state index in [0.717, 1.165) is 16.8 Å². The molecule has 136 valence electrons. The Morgan fingerprint density at radius 2 is 1.92 bits per heavy atom. The largest absolute Gasteiger partial charge is 0.497 e. The van der Waals surface area contributed by atoms with Crippen LogP contribution in [0.4, 0.5) is 5.69 Å². The molecule has 3 rings (SSSR count). The lowest BCUT2D eigenvalue weighted by Gasteiger charge is -2.21. The zero-order valence-corrected chi connectivity index (χ0v) is 15.2. The number of fused-ring (bicyclic) bond motifs is 1. The van der Waals surface area contributed by atoms with E-state index in [1.165, 1.54) is 0 Å². The van der Waals surface area contributed by atoms with E-state index in [1.54, 1.807) is 44.4 Å². The number of nitrogens with zero attached hydrogens (tertiary/aromatic N) is 1. The molecule has 2 amide bonds. The molecule has 0 saturated carbocycles. The molecule has 1 aliphatic heterocycles. The van der Waals surface area contributed by atoms with Gasteiger partial charge >= 0.3 is 0 Å². The van der Waals surface area contributed by atoms with E-state index in [0.29, 0.717) is 36.4 Å². The van der Waals surface area contributed by atoms with E-state index in [2.05, 4.69) is 5.32 Å². The maximum Gasteiger partial charge on any atom is 0.253 e. The van der Waals surface area contributed by atoms with Gasteiger partial charge in [0.25, 0.3) is 5.91 Å². The Kier molecular flexibility index (Phi) is 5.11. The van der Waals surface area contributed by atoms with Crippen molar-refractivity contribution >= 4 is 17.5 Å². The SMILES string of the molecule is COc1ccc(CN(C)C(=O)c2ccc3c(c2)CCC(=O)N3)c(OC)c1. The summed E-state index contributed by atoms with van der Waals surface area (Å²) in [6.07, 6.45) is 1.10. The summed E-state index contributed by atoms with van der Waals surface area (Å²) in [5.41, 5.74) is 3.28. The predicted molar refractivity (Wildman–Crippen MR) is 98.7 cm³/mol. The Bertz CT molecular complexity index is 848. The van der Waals surface area contributed by atoms with E-state index in [9.17, 15) is 9.59 Å². The fourth-order valence-electron chi connectivity index (χ4n) is 3.05. The van der Waals surface area contributed by atoms with Crippen LogP contribution in [0.2, 0.25) is 0 Å². The summed E-state index contributed by atoms with van der Waals surface area (Å²) in [5.74, 6) is 1.32. The lowest BCUT2D eigenvalue weighted by Crippen LogP contribution is -2.27. The van der Waals surface area contributed by atoms with Gasteiger partial charge in [0.05, 0.1) is 14.2 Å². The Balaban J connectivity index is 1.77. The first kappa shape index (κ1) is 17.8. The number of benzene rings is 2. The van der Waals surface area contributed by atoms with Crippen molar-refractivity contribution in [2.45, 2.75) is 19.4 Å². The average Bonchev–Trinajstić information content (AvgIpc) is 2.67. The van der Waals surface area contributed by atoms with Crippen LogP contribution in [0, 0.1) is 0 Å². The van der Waals surface area contributed by atoms with Crippen molar-refractivity contribution in [3.8, 4) is 11.5 Å². The van der Waals surface area contributed by atoms with Gasteiger partial charge in [0.15, 0.2) is 0 Å². The Morgan fingerprint density at radius 3 is 2.65 bits per heavy atom. The molecule has 1 N–H and O–H groups in total. The summed E-state index contributed by atoms with van der Waals surface area (Å²) < 4.78 is 10.6. The maximum absolute atomic E-state index is 12.8. The van der Waals surface area contributed by atoms with Crippen LogP contribution in [-0.2, 0) is 17.8 Å². The third kappa shape index (κ3) is 3.64. The summed E-state index contributed by atoms with van der Waals surface area (Å²) in [4.78, 5) is 25.9. The molecule has 0 radical (unpaired) electrons. The third-order valence-corrected chi connectivity index (χ3v) is 4.50. The smallest absolute Gasteiger partial charge is 0.253 e. The number of hydrogen-bond donors (Lipinski definition) is 1. The first-order valence-corrected chi connectivity index (χ1v) is 8.41. The first-order chi connectivity index (χ1) is 12.5. The zero-order valence-electron chi connectivity index (χ0n) is 15.2. The zero-order chi connectivity index (χ0) is 18.7. The van der Waals surface area contributed by atoms with Crippen molar-refractivity contribution in [2.24, 2.45) is 0 Å². The highest BCUT2D eigenvalue weighted by Gasteiger charge is 2.19. The second kappa shape index (κ2) is 7.47. The molecule has 0 bridgehead atoms. The highest BCUT2D eigenvalue weighted by atomic mass is 16.5. The molecule has 6 nitrogen and oxygen atoms in total. The van der Waals surface area contributed by atoms with Gasteiger partial charge in [-0.3, -0.25) is 9.59 Å². The normalized spacial score (nSPS) is 12.8. The molecule has 0 saturated heterocycles. The van der Waals surface area contributed by atoms with Crippen molar-refractivity contribution in [2.75, 3.05) is 26.6 Å². The number of anilines is 1. The summed E-state index contributed by atoms with van der Waals surface area (Å²) >= 11 is 0. The molecule has 0 aliphatic carbocycles. The van der Waals surface area contributed by atoms with Crippen LogP contribution in [0.1, 0.15) is 27.9 Å². The molecule has 0 spiro atoms. The van der Waals surface area contributed by atoms with E-state index in [1.807, 2.05) is 18.2 Å². The number of methoxy groups -OCH3 is 2. The molecule has 0 aromatic heterocycles. The molecule has 26 heavy (non-hydrogen) atoms. The standard InChI is InChI=1S/C20H22N2O4/c1-22(12-15-4-7-16(25-2)11-18(15)26-3)20(24)14-5-8-17-13(10-14)6-9-19(23)21-17/h4-5,7-8,10-11H,6,9,12H2,1-3H3,(H,21,23). The van der Waals surface area contributed by atoms with Crippen molar-refractivity contribution in [1.82, 2.24) is 4.90 Å². The summed E-state index contributed by atoms with van der Waals surface area (Å²) in [6, 6.07) is 10.9. The molecule has 6 heteroatoms. The van der Waals surface area contributed by atoms with E-state index < -0.39 is 0 Å². The third-order valence-electron chi connectivity index (χ3n) is 4.50. The number of nitrogens with one attached hydrogen (secondary N) is 1. The fraction of sp³-hybridized carbons (Fsp3) is 0.300. The van der Waals surface area contributed by atoms with Gasteiger partial charge in [0.2, 0.25) is 5.91 Å². The Morgan fingerprint density at radius 1 is 1.12 bits per heavy atom. The second-order valence-electron chi connectivity index (χ2n) is 6.26. The van der Waals surface area contributed by atoms with E-state index in [-0.39, 0.29) is 11.8 Å². The average molecular weight is 354 g/mol. The monoisotopic (exact) mass is 354 g/mol. The van der Waals surface area contributed by atoms with Gasteiger partial charge < -0.3 is 19.7 Å². The minimum atomic E-state index is -0.0810. The number of rotatable bonds is 5. The number of hydrogen-bond acceptors (Lipinski definition) is 4. The number of amides is 2. The van der Waals surface area contributed by atoms with Crippen LogP contribution in [0.3, 0.4) is 0 Å². The van der Waals surface area contributed by atoms with Crippen molar-refractivity contribution < 1.29 is 19.1 Å². The van der Waals surface area contributed by atoms with Gasteiger partial charge in [0, 0.05) is 42.9 Å². The van der Waals surface area contributed by atoms with Gasteiger partial charge in [-0.2, -0.15) is 0 Å². The quantitative estimate of drug-likeness (QED) is 0.896. The maximum atomic E-state index is 12.8. The van der Waals surface area contributed by atoms with Crippen LogP contribution in [0.15, 0.2) is 36.4 Å². The number of carbonyl (C=O) groups is 2. The molecule has 2 aromatic rings. The number of ether oxygens (including phenoxy) is 2. The van der Waals surface area contributed by atoms with E-state index >= 15 is 0 Å². The van der Waals surface area contributed by atoms with Crippen LogP contribution >= 0.6 is 0 Å². The topological polar surface area (TPSA) is 67.9 Å². The van der Waals surface area contributed by atoms with Gasteiger partial charge in [-0.05, 0) is 42.3 Å². The molecule has 0 fully saturated rings. The Hall–Kier alpha value is -3.02. The summed E-state index contributed by atoms with van der Waals surface area (Å²) in [7, 11) is 4.95. The molecule has 1 aliphatic rings. The minimum Gasteiger partial charge on any atom is -0.497 e. The summed E-state index contributed by atoms with van der Waals surface area (Å²) in [5, 5.41) is 2.83. The number of aryl methyl sites for hydroxylation is 1. The van der Waals surface area contributed by atoms with Crippen LogP contribution in [0.25, 0.3) is 0 Å². The fourth-order valence-corrected chi connectivity index (χ4v) is 3.05. The minimum absolute atomic E-state index is 0.0142. The highest BCUT2D eigenvalue weighted by molar-refractivity contribution is 5.97. The number of carbonyl (C=O) groups excluding carboxylic acids is 2. The Labute approximate surface area is 152 Å². The molecule has 0 atom stereocenters. The van der Waals surface area contributed by atoms with Crippen LogP contribution < -0.4 is 14.8 Å². The highest BCUT2D eigenvalue weighted by Crippen LogP contribution is 2.27. The molecule has 0 unspecified atom stereocenters. The van der Waals surface area contributed by atoms with Crippen LogP contribution in [0.5, 0.6) is 11.5 Å². The molecular weight excluding hydrogens is 332 g/mol. The molecule has 2 aromatic carbocycles. The van der Waals surface area contributed by atoms with E-state index in [4.69, 9.17) is 9.47 Å². The van der Waals surface area contributed by atoms with Crippen LogP contribution in [-0.4, -0.2) is 38.0 Å². The van der Waals surface area contributed by atoms with Gasteiger partial charge in [-0.25, -0.2) is 0 Å². The van der Waals surface area contributed by atoms with Crippen molar-refractivity contribution in [3.05, 3.63) is 53.1 Å². The summed E-state index contributed by atoms with van der Waals surface area (Å²) in [6.45, 7) is 0.416. The lowest BCUT2D eigenvalue weighted by atomic mass is 10.00. The predicted octanol–water partition coefficient (Wildman–Crippen LogP) is 2.86. The second-order valence-corrected chi connectivity index (χ2v) is 6.26. The first-order valence-electron chi connectivity index (χ1n) is 8.41. The molecular formula is C20H22N2O4. The van der Waals surface area contributed by atoms with Crippen molar-refractivity contribution in [1.29, 1.82) is 0 Å². The van der Waals surface area contributed by atoms with Gasteiger partial charge in [0.1, 0.15) is 11.5 Å².